The van der Waals surface area contributed by atoms with Crippen molar-refractivity contribution in [1.29, 1.82) is 0 Å². The van der Waals surface area contributed by atoms with E-state index in [-0.39, 0.29) is 0 Å². The van der Waals surface area contributed by atoms with E-state index >= 15 is 0 Å². The molecule has 4 heteroatoms. The van der Waals surface area contributed by atoms with Gasteiger partial charge in [0.2, 0.25) is 0 Å². The monoisotopic (exact) mass is 256 g/mol. The van der Waals surface area contributed by atoms with Crippen LogP contribution in [0.15, 0.2) is 47.3 Å². The molecule has 98 valence electrons. The smallest absolute Gasteiger partial charge is 0.112 e. The Morgan fingerprint density at radius 1 is 1.32 bits per heavy atom. The van der Waals surface area contributed by atoms with Crippen LogP contribution in [0.3, 0.4) is 0 Å². The van der Waals surface area contributed by atoms with Gasteiger partial charge in [-0.15, -0.1) is 0 Å². The Kier molecular flexibility index (Phi) is 3.09. The minimum absolute atomic E-state index is 0.488. The topological polar surface area (TPSA) is 51.2 Å². The lowest BCUT2D eigenvalue weighted by atomic mass is 10.1. The number of hydrogen-bond donors (Lipinski definition) is 1. The highest BCUT2D eigenvalue weighted by Crippen LogP contribution is 2.22. The molecular weight excluding hydrogens is 240 g/mol. The predicted molar refractivity (Wildman–Crippen MR) is 72.8 cm³/mol. The van der Waals surface area contributed by atoms with Crippen molar-refractivity contribution in [3.63, 3.8) is 0 Å². The van der Waals surface area contributed by atoms with Crippen LogP contribution in [0.4, 0.5) is 0 Å². The van der Waals surface area contributed by atoms with E-state index in [2.05, 4.69) is 22.5 Å². The van der Waals surface area contributed by atoms with E-state index in [0.717, 1.165) is 29.0 Å². The number of aliphatic hydroxyl groups excluding tert-OH is 1. The molecule has 0 saturated carbocycles. The average molecular weight is 256 g/mol. The second-order valence-corrected chi connectivity index (χ2v) is 4.54. The number of furan rings is 1. The first-order valence-corrected chi connectivity index (χ1v) is 6.44. The number of nitrogens with zero attached hydrogens (tertiary/aromatic N) is 2. The molecule has 0 aliphatic rings. The van der Waals surface area contributed by atoms with Gasteiger partial charge in [0.05, 0.1) is 29.7 Å². The average Bonchev–Trinajstić information content (AvgIpc) is 3.05. The third-order valence-electron chi connectivity index (χ3n) is 3.35. The zero-order chi connectivity index (χ0) is 13.2. The van der Waals surface area contributed by atoms with Gasteiger partial charge in [-0.2, -0.15) is 0 Å². The zero-order valence-electron chi connectivity index (χ0n) is 10.8. The standard InChI is InChI=1S/C15H16N2O2/c1-2-17-13-6-4-3-5-12(13)16-15(17)9-14(18)11-7-8-19-10-11/h3-8,10,14,18H,2,9H2,1H3. The van der Waals surface area contributed by atoms with Crippen LogP contribution in [0.2, 0.25) is 0 Å². The maximum Gasteiger partial charge on any atom is 0.112 e. The summed E-state index contributed by atoms with van der Waals surface area (Å²) >= 11 is 0. The summed E-state index contributed by atoms with van der Waals surface area (Å²) in [6.07, 6.45) is 3.05. The highest BCUT2D eigenvalue weighted by molar-refractivity contribution is 5.75. The third kappa shape index (κ3) is 2.15. The summed E-state index contributed by atoms with van der Waals surface area (Å²) in [5.74, 6) is 0.900. The summed E-state index contributed by atoms with van der Waals surface area (Å²) in [5, 5.41) is 10.2. The maximum atomic E-state index is 10.2. The Labute approximate surface area is 111 Å². The lowest BCUT2D eigenvalue weighted by molar-refractivity contribution is 0.174. The van der Waals surface area contributed by atoms with E-state index in [1.165, 1.54) is 0 Å². The number of aryl methyl sites for hydroxylation is 1. The first-order chi connectivity index (χ1) is 9.29. The van der Waals surface area contributed by atoms with Crippen LogP contribution >= 0.6 is 0 Å². The number of rotatable bonds is 4. The SMILES string of the molecule is CCn1c(CC(O)c2ccoc2)nc2ccccc21. The van der Waals surface area contributed by atoms with E-state index in [1.54, 1.807) is 18.6 Å². The molecule has 0 aliphatic heterocycles. The molecular formula is C15H16N2O2. The first-order valence-electron chi connectivity index (χ1n) is 6.44. The molecule has 0 radical (unpaired) electrons. The molecule has 1 aromatic carbocycles. The molecule has 0 bridgehead atoms. The van der Waals surface area contributed by atoms with Gasteiger partial charge >= 0.3 is 0 Å². The van der Waals surface area contributed by atoms with Gasteiger partial charge < -0.3 is 14.1 Å². The van der Waals surface area contributed by atoms with E-state index < -0.39 is 6.10 Å². The second-order valence-electron chi connectivity index (χ2n) is 4.54. The van der Waals surface area contributed by atoms with Crippen LogP contribution in [-0.2, 0) is 13.0 Å². The van der Waals surface area contributed by atoms with E-state index in [4.69, 9.17) is 4.42 Å². The highest BCUT2D eigenvalue weighted by Gasteiger charge is 2.15. The van der Waals surface area contributed by atoms with Gasteiger partial charge in [0, 0.05) is 18.5 Å². The molecule has 2 heterocycles. The van der Waals surface area contributed by atoms with E-state index in [9.17, 15) is 5.11 Å². The summed E-state index contributed by atoms with van der Waals surface area (Å²) in [6, 6.07) is 9.82. The zero-order valence-corrected chi connectivity index (χ0v) is 10.8. The fourth-order valence-corrected chi connectivity index (χ4v) is 2.39. The third-order valence-corrected chi connectivity index (χ3v) is 3.35. The molecule has 2 aromatic heterocycles. The molecule has 1 atom stereocenters. The van der Waals surface area contributed by atoms with Crippen LogP contribution in [0, 0.1) is 0 Å². The van der Waals surface area contributed by atoms with Crippen LogP contribution in [0.25, 0.3) is 11.0 Å². The normalized spacial score (nSPS) is 12.9. The van der Waals surface area contributed by atoms with Crippen molar-refractivity contribution in [3.8, 4) is 0 Å². The summed E-state index contributed by atoms with van der Waals surface area (Å²) in [6.45, 7) is 2.93. The Morgan fingerprint density at radius 2 is 2.16 bits per heavy atom. The number of hydrogen-bond acceptors (Lipinski definition) is 3. The van der Waals surface area contributed by atoms with Crippen molar-refractivity contribution in [2.75, 3.05) is 0 Å². The fraction of sp³-hybridized carbons (Fsp3) is 0.267. The van der Waals surface area contributed by atoms with E-state index in [0.29, 0.717) is 6.42 Å². The molecule has 0 saturated heterocycles. The van der Waals surface area contributed by atoms with Crippen LogP contribution in [-0.4, -0.2) is 14.7 Å². The number of imidazole rings is 1. The number of benzene rings is 1. The Balaban J connectivity index is 1.96. The molecule has 3 rings (SSSR count). The minimum Gasteiger partial charge on any atom is -0.472 e. The van der Waals surface area contributed by atoms with Crippen molar-refractivity contribution in [2.24, 2.45) is 0 Å². The molecule has 0 fully saturated rings. The minimum atomic E-state index is -0.583. The summed E-state index contributed by atoms with van der Waals surface area (Å²) in [4.78, 5) is 4.61. The molecule has 4 nitrogen and oxygen atoms in total. The molecule has 1 N–H and O–H groups in total. The molecule has 19 heavy (non-hydrogen) atoms. The summed E-state index contributed by atoms with van der Waals surface area (Å²) in [5.41, 5.74) is 2.87. The quantitative estimate of drug-likeness (QED) is 0.780. The van der Waals surface area contributed by atoms with Crippen molar-refractivity contribution in [2.45, 2.75) is 26.0 Å². The number of aromatic nitrogens is 2. The molecule has 1 unspecified atom stereocenters. The fourth-order valence-electron chi connectivity index (χ4n) is 2.39. The van der Waals surface area contributed by atoms with Crippen molar-refractivity contribution < 1.29 is 9.52 Å². The Hall–Kier alpha value is -2.07. The molecule has 0 spiro atoms. The molecule has 3 aromatic rings. The van der Waals surface area contributed by atoms with Gasteiger partial charge in [0.1, 0.15) is 5.82 Å². The second kappa shape index (κ2) is 4.90. The number of fused-ring (bicyclic) bond motifs is 1. The summed E-state index contributed by atoms with van der Waals surface area (Å²) in [7, 11) is 0. The Bertz CT molecular complexity index is 671. The van der Waals surface area contributed by atoms with Crippen LogP contribution in [0.1, 0.15) is 24.4 Å². The lowest BCUT2D eigenvalue weighted by Crippen LogP contribution is -2.08. The van der Waals surface area contributed by atoms with Gasteiger partial charge in [-0.05, 0) is 25.1 Å². The van der Waals surface area contributed by atoms with Gasteiger partial charge in [0.25, 0.3) is 0 Å². The summed E-state index contributed by atoms with van der Waals surface area (Å²) < 4.78 is 7.14. The van der Waals surface area contributed by atoms with Gasteiger partial charge in [-0.1, -0.05) is 12.1 Å². The highest BCUT2D eigenvalue weighted by atomic mass is 16.3. The van der Waals surface area contributed by atoms with Crippen LogP contribution in [0.5, 0.6) is 0 Å². The molecule has 0 aliphatic carbocycles. The molecule has 0 amide bonds. The number of aliphatic hydroxyl groups is 1. The van der Waals surface area contributed by atoms with Crippen molar-refractivity contribution >= 4 is 11.0 Å². The predicted octanol–water partition coefficient (Wildman–Crippen LogP) is 2.93. The van der Waals surface area contributed by atoms with Gasteiger partial charge in [0.15, 0.2) is 0 Å². The van der Waals surface area contributed by atoms with Crippen LogP contribution < -0.4 is 0 Å². The van der Waals surface area contributed by atoms with Crippen molar-refractivity contribution in [3.05, 3.63) is 54.2 Å². The van der Waals surface area contributed by atoms with E-state index in [1.807, 2.05) is 18.2 Å². The van der Waals surface area contributed by atoms with Gasteiger partial charge in [-0.3, -0.25) is 0 Å². The van der Waals surface area contributed by atoms with Crippen molar-refractivity contribution in [1.82, 2.24) is 9.55 Å². The number of para-hydroxylation sites is 2. The maximum absolute atomic E-state index is 10.2. The first kappa shape index (κ1) is 12.0. The van der Waals surface area contributed by atoms with Gasteiger partial charge in [-0.25, -0.2) is 4.98 Å². The largest absolute Gasteiger partial charge is 0.472 e. The Morgan fingerprint density at radius 3 is 2.89 bits per heavy atom. The lowest BCUT2D eigenvalue weighted by Gasteiger charge is -2.10.